The van der Waals surface area contributed by atoms with E-state index in [1.54, 1.807) is 18.4 Å². The fourth-order valence-electron chi connectivity index (χ4n) is 1.59. The molecule has 0 amide bonds. The minimum absolute atomic E-state index is 0.0314. The summed E-state index contributed by atoms with van der Waals surface area (Å²) < 4.78 is 10.3. The maximum absolute atomic E-state index is 9.83. The zero-order valence-corrected chi connectivity index (χ0v) is 12.2. The zero-order chi connectivity index (χ0) is 14.1. The number of hydrogen-bond donors (Lipinski definition) is 3. The number of aliphatic hydroxyl groups is 2. The molecule has 3 unspecified atom stereocenters. The summed E-state index contributed by atoms with van der Waals surface area (Å²) in [7, 11) is 1.61. The van der Waals surface area contributed by atoms with Gasteiger partial charge in [-0.05, 0) is 29.3 Å². The maximum Gasteiger partial charge on any atom is 0.0922 e. The van der Waals surface area contributed by atoms with Crippen molar-refractivity contribution in [3.8, 4) is 0 Å². The van der Waals surface area contributed by atoms with Crippen molar-refractivity contribution >= 4 is 11.3 Å². The lowest BCUT2D eigenvalue weighted by Crippen LogP contribution is -2.34. The molecule has 0 aliphatic carbocycles. The van der Waals surface area contributed by atoms with Gasteiger partial charge in [0.25, 0.3) is 0 Å². The Balaban J connectivity index is 2.08. The molecule has 3 atom stereocenters. The second kappa shape index (κ2) is 9.41. The van der Waals surface area contributed by atoms with E-state index >= 15 is 0 Å². The van der Waals surface area contributed by atoms with E-state index in [4.69, 9.17) is 9.47 Å². The van der Waals surface area contributed by atoms with Crippen molar-refractivity contribution in [2.45, 2.75) is 25.2 Å². The highest BCUT2D eigenvalue weighted by Gasteiger charge is 2.10. The minimum Gasteiger partial charge on any atom is -0.389 e. The van der Waals surface area contributed by atoms with E-state index in [0.717, 1.165) is 5.56 Å². The maximum atomic E-state index is 9.83. The van der Waals surface area contributed by atoms with Gasteiger partial charge in [0, 0.05) is 20.2 Å². The standard InChI is InChI=1S/C13H23NO4S/c1-10(7-17-2)18-8-12(15)5-14-6-13(16)11-3-4-19-9-11/h3-4,9-10,12-16H,5-8H2,1-2H3. The average molecular weight is 289 g/mol. The van der Waals surface area contributed by atoms with Gasteiger partial charge < -0.3 is 25.0 Å². The first-order valence-corrected chi connectivity index (χ1v) is 7.27. The fraction of sp³-hybridized carbons (Fsp3) is 0.692. The second-order valence-electron chi connectivity index (χ2n) is 4.48. The van der Waals surface area contributed by atoms with Gasteiger partial charge in [-0.15, -0.1) is 0 Å². The zero-order valence-electron chi connectivity index (χ0n) is 11.4. The number of hydrogen-bond acceptors (Lipinski definition) is 6. The molecule has 0 bridgehead atoms. The highest BCUT2D eigenvalue weighted by Crippen LogP contribution is 2.14. The number of rotatable bonds is 10. The van der Waals surface area contributed by atoms with Crippen LogP contribution < -0.4 is 5.32 Å². The molecule has 0 fully saturated rings. The third kappa shape index (κ3) is 7.00. The monoisotopic (exact) mass is 289 g/mol. The van der Waals surface area contributed by atoms with Crippen LogP contribution in [0, 0.1) is 0 Å². The van der Waals surface area contributed by atoms with Crippen LogP contribution in [0.2, 0.25) is 0 Å². The molecule has 110 valence electrons. The number of ether oxygens (including phenoxy) is 2. The third-order valence-electron chi connectivity index (χ3n) is 2.62. The molecule has 1 rings (SSSR count). The molecule has 1 aromatic rings. The SMILES string of the molecule is COCC(C)OCC(O)CNCC(O)c1ccsc1. The van der Waals surface area contributed by atoms with E-state index in [1.807, 2.05) is 23.8 Å². The van der Waals surface area contributed by atoms with Crippen molar-refractivity contribution in [3.05, 3.63) is 22.4 Å². The summed E-state index contributed by atoms with van der Waals surface area (Å²) in [6.45, 7) is 3.47. The number of methoxy groups -OCH3 is 1. The van der Waals surface area contributed by atoms with Crippen LogP contribution in [0.5, 0.6) is 0 Å². The predicted molar refractivity (Wildman–Crippen MR) is 75.4 cm³/mol. The second-order valence-corrected chi connectivity index (χ2v) is 5.26. The van der Waals surface area contributed by atoms with Gasteiger partial charge in [0.1, 0.15) is 0 Å². The van der Waals surface area contributed by atoms with Crippen LogP contribution in [0.15, 0.2) is 16.8 Å². The highest BCUT2D eigenvalue weighted by atomic mass is 32.1. The Morgan fingerprint density at radius 2 is 2.11 bits per heavy atom. The van der Waals surface area contributed by atoms with Gasteiger partial charge in [-0.1, -0.05) is 0 Å². The van der Waals surface area contributed by atoms with Crippen molar-refractivity contribution in [2.75, 3.05) is 33.4 Å². The fourth-order valence-corrected chi connectivity index (χ4v) is 2.29. The summed E-state index contributed by atoms with van der Waals surface area (Å²) in [6.07, 6.45) is -1.16. The number of thiophene rings is 1. The van der Waals surface area contributed by atoms with E-state index in [1.165, 1.54) is 0 Å². The lowest BCUT2D eigenvalue weighted by Gasteiger charge is -2.17. The van der Waals surface area contributed by atoms with Gasteiger partial charge in [0.05, 0.1) is 31.5 Å². The molecule has 0 saturated carbocycles. The molecular formula is C13H23NO4S. The van der Waals surface area contributed by atoms with Gasteiger partial charge in [-0.2, -0.15) is 11.3 Å². The first-order valence-electron chi connectivity index (χ1n) is 6.33. The normalized spacial score (nSPS) is 16.2. The molecule has 0 spiro atoms. The van der Waals surface area contributed by atoms with Gasteiger partial charge in [0.2, 0.25) is 0 Å². The van der Waals surface area contributed by atoms with Crippen molar-refractivity contribution in [2.24, 2.45) is 0 Å². The van der Waals surface area contributed by atoms with Crippen molar-refractivity contribution in [3.63, 3.8) is 0 Å². The van der Waals surface area contributed by atoms with E-state index in [9.17, 15) is 10.2 Å². The molecule has 0 aromatic carbocycles. The Kier molecular flexibility index (Phi) is 8.20. The van der Waals surface area contributed by atoms with E-state index in [-0.39, 0.29) is 12.7 Å². The van der Waals surface area contributed by atoms with Crippen LogP contribution in [-0.4, -0.2) is 55.8 Å². The summed E-state index contributed by atoms with van der Waals surface area (Å²) in [5.74, 6) is 0. The largest absolute Gasteiger partial charge is 0.389 e. The molecular weight excluding hydrogens is 266 g/mol. The van der Waals surface area contributed by atoms with E-state index in [2.05, 4.69) is 5.32 Å². The number of nitrogens with one attached hydrogen (secondary N) is 1. The van der Waals surface area contributed by atoms with Crippen molar-refractivity contribution in [1.29, 1.82) is 0 Å². The average Bonchev–Trinajstić information content (AvgIpc) is 2.90. The van der Waals surface area contributed by atoms with Crippen LogP contribution in [0.3, 0.4) is 0 Å². The predicted octanol–water partition coefficient (Wildman–Crippen LogP) is 0.784. The van der Waals surface area contributed by atoms with E-state index < -0.39 is 12.2 Å². The number of aliphatic hydroxyl groups excluding tert-OH is 2. The quantitative estimate of drug-likeness (QED) is 0.594. The van der Waals surface area contributed by atoms with Crippen LogP contribution in [-0.2, 0) is 9.47 Å². The van der Waals surface area contributed by atoms with Crippen LogP contribution in [0.1, 0.15) is 18.6 Å². The van der Waals surface area contributed by atoms with Crippen LogP contribution >= 0.6 is 11.3 Å². The summed E-state index contributed by atoms with van der Waals surface area (Å²) >= 11 is 1.55. The summed E-state index contributed by atoms with van der Waals surface area (Å²) in [6, 6.07) is 1.89. The molecule has 19 heavy (non-hydrogen) atoms. The molecule has 0 saturated heterocycles. The molecule has 5 nitrogen and oxygen atoms in total. The topological polar surface area (TPSA) is 71.0 Å². The highest BCUT2D eigenvalue weighted by molar-refractivity contribution is 7.07. The molecule has 0 aliphatic heterocycles. The Bertz CT molecular complexity index is 320. The van der Waals surface area contributed by atoms with Gasteiger partial charge in [-0.3, -0.25) is 0 Å². The van der Waals surface area contributed by atoms with Gasteiger partial charge in [-0.25, -0.2) is 0 Å². The molecule has 0 aliphatic rings. The minimum atomic E-state index is -0.589. The Morgan fingerprint density at radius 1 is 1.32 bits per heavy atom. The molecule has 0 radical (unpaired) electrons. The summed E-state index contributed by atoms with van der Waals surface area (Å²) in [5, 5.41) is 26.4. The summed E-state index contributed by atoms with van der Waals surface area (Å²) in [4.78, 5) is 0. The first kappa shape index (κ1) is 16.6. The van der Waals surface area contributed by atoms with Crippen molar-refractivity contribution in [1.82, 2.24) is 5.32 Å². The van der Waals surface area contributed by atoms with Crippen LogP contribution in [0.4, 0.5) is 0 Å². The Hall–Kier alpha value is -0.500. The Labute approximate surface area is 118 Å². The molecule has 6 heteroatoms. The Morgan fingerprint density at radius 3 is 2.74 bits per heavy atom. The smallest absolute Gasteiger partial charge is 0.0922 e. The van der Waals surface area contributed by atoms with Crippen molar-refractivity contribution < 1.29 is 19.7 Å². The first-order chi connectivity index (χ1) is 9.13. The molecule has 3 N–H and O–H groups in total. The lowest BCUT2D eigenvalue weighted by atomic mass is 10.2. The van der Waals surface area contributed by atoms with Gasteiger partial charge in [0.15, 0.2) is 0 Å². The van der Waals surface area contributed by atoms with E-state index in [0.29, 0.717) is 19.7 Å². The lowest BCUT2D eigenvalue weighted by molar-refractivity contribution is -0.0315. The molecule has 1 heterocycles. The summed E-state index contributed by atoms with van der Waals surface area (Å²) in [5.41, 5.74) is 0.900. The van der Waals surface area contributed by atoms with Gasteiger partial charge >= 0.3 is 0 Å². The molecule has 1 aromatic heterocycles. The van der Waals surface area contributed by atoms with Crippen LogP contribution in [0.25, 0.3) is 0 Å². The third-order valence-corrected chi connectivity index (χ3v) is 3.32.